The van der Waals surface area contributed by atoms with E-state index in [1.807, 2.05) is 6.92 Å². The molecule has 9 atom stereocenters. The molecule has 1 aromatic rings. The fourth-order valence-electron chi connectivity index (χ4n) is 8.11. The summed E-state index contributed by atoms with van der Waals surface area (Å²) in [7, 11) is 0. The molecule has 0 aliphatic heterocycles. The van der Waals surface area contributed by atoms with Gasteiger partial charge in [0, 0.05) is 28.4 Å². The topological polar surface area (TPSA) is 93.8 Å². The standard InChI is InChI=1S/C29H34F2O6S/c1-5-11-38-25(35)29(37-24(34)22-7-6-10-36-22)16(2)12-18-19-14-21(30)20-13-17(32)8-9-26(20,3)28(19,31)23(33)15-27(18,29)4/h6-10,13,16,18-19,21,23,33H,5,11-12,14-15H2,1-4H3/t16-,18?,19?,21+,23+,26+,27+,28+,29+/m1/s1. The number of ketones is 1. The van der Waals surface area contributed by atoms with Gasteiger partial charge in [0.1, 0.15) is 6.17 Å². The molecule has 1 aromatic heterocycles. The van der Waals surface area contributed by atoms with Gasteiger partial charge >= 0.3 is 5.97 Å². The van der Waals surface area contributed by atoms with Crippen molar-refractivity contribution in [1.82, 2.24) is 0 Å². The Kier molecular flexibility index (Phi) is 6.58. The minimum atomic E-state index is -2.27. The SMILES string of the molecule is CCCSC(=O)[C@@]1(OC(=O)c2ccco2)[C@H](C)CC2C3C[C@H](F)C4=CC(=O)C=C[C@]4(C)[C@@]3(F)[C@@H](O)C[C@@]21C. The van der Waals surface area contributed by atoms with Gasteiger partial charge < -0.3 is 14.3 Å². The molecule has 0 spiro atoms. The van der Waals surface area contributed by atoms with Crippen molar-refractivity contribution in [3.63, 3.8) is 0 Å². The maximum absolute atomic E-state index is 17.5. The smallest absolute Gasteiger partial charge is 0.375 e. The molecule has 38 heavy (non-hydrogen) atoms. The highest BCUT2D eigenvalue weighted by Crippen LogP contribution is 2.72. The number of aliphatic hydroxyl groups excluding tert-OH is 1. The summed E-state index contributed by atoms with van der Waals surface area (Å²) in [4.78, 5) is 39.3. The molecular weight excluding hydrogens is 514 g/mol. The van der Waals surface area contributed by atoms with Crippen molar-refractivity contribution in [1.29, 1.82) is 0 Å². The number of ether oxygens (including phenoxy) is 1. The third-order valence-corrected chi connectivity index (χ3v) is 11.1. The van der Waals surface area contributed by atoms with E-state index in [4.69, 9.17) is 9.15 Å². The van der Waals surface area contributed by atoms with Gasteiger partial charge in [0.15, 0.2) is 17.1 Å². The van der Waals surface area contributed by atoms with Gasteiger partial charge in [-0.05, 0) is 68.4 Å². The summed E-state index contributed by atoms with van der Waals surface area (Å²) < 4.78 is 44.6. The summed E-state index contributed by atoms with van der Waals surface area (Å²) in [5.41, 5.74) is -6.60. The molecule has 4 aliphatic carbocycles. The highest BCUT2D eigenvalue weighted by molar-refractivity contribution is 8.13. The summed E-state index contributed by atoms with van der Waals surface area (Å²) >= 11 is 1.06. The maximum Gasteiger partial charge on any atom is 0.375 e. The number of esters is 1. The lowest BCUT2D eigenvalue weighted by Crippen LogP contribution is -2.70. The number of hydrogen-bond donors (Lipinski definition) is 1. The largest absolute Gasteiger partial charge is 0.457 e. The Morgan fingerprint density at radius 2 is 2.00 bits per heavy atom. The minimum absolute atomic E-state index is 0.0440. The Balaban J connectivity index is 1.63. The Labute approximate surface area is 225 Å². The normalized spacial score (nSPS) is 43.6. The number of rotatable bonds is 5. The second kappa shape index (κ2) is 9.15. The summed E-state index contributed by atoms with van der Waals surface area (Å²) in [5.74, 6) is -2.83. The monoisotopic (exact) mass is 548 g/mol. The average Bonchev–Trinajstić information content (AvgIpc) is 3.48. The van der Waals surface area contributed by atoms with Crippen LogP contribution in [-0.2, 0) is 14.3 Å². The minimum Gasteiger partial charge on any atom is -0.457 e. The molecule has 0 aromatic carbocycles. The number of thioether (sulfide) groups is 1. The molecule has 0 amide bonds. The second-order valence-corrected chi connectivity index (χ2v) is 12.8. The van der Waals surface area contributed by atoms with Crippen molar-refractivity contribution in [2.24, 2.45) is 28.6 Å². The van der Waals surface area contributed by atoms with Crippen molar-refractivity contribution in [3.8, 4) is 0 Å². The Morgan fingerprint density at radius 3 is 2.66 bits per heavy atom. The molecule has 1 heterocycles. The molecular formula is C29H34F2O6S. The molecule has 0 bridgehead atoms. The van der Waals surface area contributed by atoms with Crippen molar-refractivity contribution in [2.75, 3.05) is 5.75 Å². The van der Waals surface area contributed by atoms with E-state index in [2.05, 4.69) is 0 Å². The molecule has 4 aliphatic rings. The van der Waals surface area contributed by atoms with E-state index in [0.29, 0.717) is 18.6 Å². The van der Waals surface area contributed by atoms with Gasteiger partial charge in [-0.3, -0.25) is 9.59 Å². The number of furan rings is 1. The Hall–Kier alpha value is -2.26. The predicted octanol–water partition coefficient (Wildman–Crippen LogP) is 5.41. The second-order valence-electron chi connectivity index (χ2n) is 11.7. The van der Waals surface area contributed by atoms with Gasteiger partial charge in [-0.25, -0.2) is 13.6 Å². The number of allylic oxidation sites excluding steroid dienone is 4. The number of halogens is 2. The lowest BCUT2D eigenvalue weighted by atomic mass is 9.44. The summed E-state index contributed by atoms with van der Waals surface area (Å²) in [5, 5.41) is 11.3. The van der Waals surface area contributed by atoms with Crippen molar-refractivity contribution in [3.05, 3.63) is 48.0 Å². The van der Waals surface area contributed by atoms with E-state index in [1.165, 1.54) is 31.4 Å². The zero-order chi connectivity index (χ0) is 27.7. The maximum atomic E-state index is 17.5. The van der Waals surface area contributed by atoms with E-state index in [1.54, 1.807) is 19.9 Å². The fourth-order valence-corrected chi connectivity index (χ4v) is 9.19. The summed E-state index contributed by atoms with van der Waals surface area (Å²) in [6.07, 6.45) is 2.56. The third kappa shape index (κ3) is 3.43. The molecule has 206 valence electrons. The van der Waals surface area contributed by atoms with E-state index < -0.39 is 63.9 Å². The first kappa shape index (κ1) is 27.3. The van der Waals surface area contributed by atoms with Crippen LogP contribution in [0.4, 0.5) is 8.78 Å². The molecule has 2 unspecified atom stereocenters. The van der Waals surface area contributed by atoms with E-state index >= 15 is 8.78 Å². The Bertz CT molecular complexity index is 1210. The van der Waals surface area contributed by atoms with E-state index in [9.17, 15) is 19.5 Å². The van der Waals surface area contributed by atoms with Crippen LogP contribution in [0.5, 0.6) is 0 Å². The van der Waals surface area contributed by atoms with E-state index in [0.717, 1.165) is 17.8 Å². The van der Waals surface area contributed by atoms with Crippen LogP contribution in [0.3, 0.4) is 0 Å². The van der Waals surface area contributed by atoms with Gasteiger partial charge in [0.05, 0.1) is 12.4 Å². The van der Waals surface area contributed by atoms with Crippen molar-refractivity contribution < 1.29 is 37.4 Å². The van der Waals surface area contributed by atoms with Crippen molar-refractivity contribution >= 4 is 28.6 Å². The first-order chi connectivity index (χ1) is 17.9. The van der Waals surface area contributed by atoms with Crippen LogP contribution in [0.1, 0.15) is 63.9 Å². The lowest BCUT2D eigenvalue weighted by molar-refractivity contribution is -0.221. The quantitative estimate of drug-likeness (QED) is 0.492. The highest BCUT2D eigenvalue weighted by Gasteiger charge is 2.78. The van der Waals surface area contributed by atoms with E-state index in [-0.39, 0.29) is 29.3 Å². The van der Waals surface area contributed by atoms with Crippen LogP contribution in [0, 0.1) is 28.6 Å². The molecule has 6 nitrogen and oxygen atoms in total. The third-order valence-electron chi connectivity index (χ3n) is 9.89. The van der Waals surface area contributed by atoms with Gasteiger partial charge in [-0.15, -0.1) is 0 Å². The van der Waals surface area contributed by atoms with Crippen LogP contribution < -0.4 is 0 Å². The molecule has 0 radical (unpaired) electrons. The fraction of sp³-hybridized carbons (Fsp3) is 0.621. The number of hydrogen-bond acceptors (Lipinski definition) is 7. The van der Waals surface area contributed by atoms with Gasteiger partial charge in [0.2, 0.25) is 10.9 Å². The number of carbonyl (C=O) groups is 3. The number of alkyl halides is 2. The zero-order valence-corrected chi connectivity index (χ0v) is 22.9. The van der Waals surface area contributed by atoms with Crippen LogP contribution in [0.2, 0.25) is 0 Å². The lowest BCUT2D eigenvalue weighted by Gasteiger charge is -2.63. The molecule has 0 saturated heterocycles. The molecule has 1 N–H and O–H groups in total. The van der Waals surface area contributed by atoms with Crippen LogP contribution >= 0.6 is 11.8 Å². The number of aliphatic hydroxyl groups is 1. The summed E-state index contributed by atoms with van der Waals surface area (Å²) in [6.45, 7) is 7.05. The first-order valence-corrected chi connectivity index (χ1v) is 14.3. The first-order valence-electron chi connectivity index (χ1n) is 13.3. The zero-order valence-electron chi connectivity index (χ0n) is 22.0. The molecule has 9 heteroatoms. The number of carbonyl (C=O) groups excluding carboxylic acids is 3. The van der Waals surface area contributed by atoms with Crippen molar-refractivity contribution in [2.45, 2.75) is 76.9 Å². The molecule has 3 fully saturated rings. The molecule has 5 rings (SSSR count). The summed E-state index contributed by atoms with van der Waals surface area (Å²) in [6, 6.07) is 2.99. The van der Waals surface area contributed by atoms with Crippen LogP contribution in [-0.4, -0.2) is 51.3 Å². The number of fused-ring (bicyclic) bond motifs is 5. The van der Waals surface area contributed by atoms with Gasteiger partial charge in [0.25, 0.3) is 0 Å². The average molecular weight is 549 g/mol. The van der Waals surface area contributed by atoms with Gasteiger partial charge in [-0.1, -0.05) is 38.6 Å². The van der Waals surface area contributed by atoms with Gasteiger partial charge in [-0.2, -0.15) is 0 Å². The molecule has 3 saturated carbocycles. The highest BCUT2D eigenvalue weighted by atomic mass is 32.2. The Morgan fingerprint density at radius 1 is 1.26 bits per heavy atom. The van der Waals surface area contributed by atoms with Crippen LogP contribution in [0.15, 0.2) is 46.6 Å². The van der Waals surface area contributed by atoms with Crippen LogP contribution in [0.25, 0.3) is 0 Å². The predicted molar refractivity (Wildman–Crippen MR) is 138 cm³/mol.